The molecule has 0 aliphatic heterocycles. The standard InChI is InChI=1S/C12H19NO3/c1-15-12-8-10(9-13)4-5-11(12)16-7-3-2-6-14/h4-5,8,14H,2-3,6-7,9,13H2,1H3. The number of unbranched alkanes of at least 4 members (excludes halogenated alkanes) is 1. The number of benzene rings is 1. The van der Waals surface area contributed by atoms with Crippen LogP contribution in [0.1, 0.15) is 18.4 Å². The van der Waals surface area contributed by atoms with Crippen LogP contribution in [0.5, 0.6) is 11.5 Å². The monoisotopic (exact) mass is 225 g/mol. The first-order valence-electron chi connectivity index (χ1n) is 5.42. The molecule has 1 aromatic carbocycles. The first-order valence-corrected chi connectivity index (χ1v) is 5.42. The van der Waals surface area contributed by atoms with Gasteiger partial charge in [-0.05, 0) is 30.5 Å². The van der Waals surface area contributed by atoms with Crippen molar-refractivity contribution in [2.75, 3.05) is 20.3 Å². The van der Waals surface area contributed by atoms with Gasteiger partial charge in [-0.15, -0.1) is 0 Å². The smallest absolute Gasteiger partial charge is 0.161 e. The Kier molecular flexibility index (Phi) is 5.67. The average Bonchev–Trinajstić information content (AvgIpc) is 2.34. The lowest BCUT2D eigenvalue weighted by Gasteiger charge is -2.11. The van der Waals surface area contributed by atoms with Gasteiger partial charge in [0.25, 0.3) is 0 Å². The molecule has 16 heavy (non-hydrogen) atoms. The van der Waals surface area contributed by atoms with E-state index < -0.39 is 0 Å². The highest BCUT2D eigenvalue weighted by molar-refractivity contribution is 5.42. The first-order chi connectivity index (χ1) is 7.81. The van der Waals surface area contributed by atoms with Crippen LogP contribution in [0.2, 0.25) is 0 Å². The molecule has 0 radical (unpaired) electrons. The van der Waals surface area contributed by atoms with Crippen LogP contribution in [0.15, 0.2) is 18.2 Å². The van der Waals surface area contributed by atoms with Crippen LogP contribution in [-0.4, -0.2) is 25.4 Å². The van der Waals surface area contributed by atoms with Gasteiger partial charge < -0.3 is 20.3 Å². The summed E-state index contributed by atoms with van der Waals surface area (Å²) >= 11 is 0. The summed E-state index contributed by atoms with van der Waals surface area (Å²) in [6.07, 6.45) is 1.58. The Morgan fingerprint density at radius 1 is 1.25 bits per heavy atom. The van der Waals surface area contributed by atoms with Crippen LogP contribution in [-0.2, 0) is 6.54 Å². The van der Waals surface area contributed by atoms with Gasteiger partial charge in [0, 0.05) is 13.2 Å². The Bertz CT molecular complexity index is 315. The lowest BCUT2D eigenvalue weighted by Crippen LogP contribution is -2.02. The van der Waals surface area contributed by atoms with Gasteiger partial charge in [0.15, 0.2) is 11.5 Å². The minimum atomic E-state index is 0.201. The Morgan fingerprint density at radius 2 is 2.06 bits per heavy atom. The van der Waals surface area contributed by atoms with Crippen LogP contribution >= 0.6 is 0 Å². The number of hydrogen-bond acceptors (Lipinski definition) is 4. The minimum Gasteiger partial charge on any atom is -0.493 e. The summed E-state index contributed by atoms with van der Waals surface area (Å²) in [5.74, 6) is 1.42. The third kappa shape index (κ3) is 3.72. The first kappa shape index (κ1) is 12.8. The Labute approximate surface area is 96.0 Å². The second kappa shape index (κ2) is 7.09. The van der Waals surface area contributed by atoms with E-state index in [1.165, 1.54) is 0 Å². The summed E-state index contributed by atoms with van der Waals surface area (Å²) < 4.78 is 10.8. The molecule has 0 aliphatic rings. The summed E-state index contributed by atoms with van der Waals surface area (Å²) in [4.78, 5) is 0. The molecular weight excluding hydrogens is 206 g/mol. The Morgan fingerprint density at radius 3 is 2.69 bits per heavy atom. The predicted octanol–water partition coefficient (Wildman–Crippen LogP) is 1.31. The fraction of sp³-hybridized carbons (Fsp3) is 0.500. The number of nitrogens with two attached hydrogens (primary N) is 1. The third-order valence-corrected chi connectivity index (χ3v) is 2.27. The van der Waals surface area contributed by atoms with Gasteiger partial charge >= 0.3 is 0 Å². The van der Waals surface area contributed by atoms with E-state index in [-0.39, 0.29) is 6.61 Å². The van der Waals surface area contributed by atoms with Crippen molar-refractivity contribution in [1.29, 1.82) is 0 Å². The van der Waals surface area contributed by atoms with Crippen molar-refractivity contribution >= 4 is 0 Å². The summed E-state index contributed by atoms with van der Waals surface area (Å²) in [7, 11) is 1.61. The highest BCUT2D eigenvalue weighted by Gasteiger charge is 2.04. The molecule has 1 rings (SSSR count). The molecule has 1 aromatic rings. The van der Waals surface area contributed by atoms with E-state index in [0.29, 0.717) is 18.9 Å². The van der Waals surface area contributed by atoms with Crippen LogP contribution < -0.4 is 15.2 Å². The highest BCUT2D eigenvalue weighted by atomic mass is 16.5. The van der Waals surface area contributed by atoms with Crippen molar-refractivity contribution in [2.45, 2.75) is 19.4 Å². The van der Waals surface area contributed by atoms with Crippen molar-refractivity contribution in [1.82, 2.24) is 0 Å². The molecule has 0 aromatic heterocycles. The van der Waals surface area contributed by atoms with Crippen molar-refractivity contribution in [2.24, 2.45) is 5.73 Å². The fourth-order valence-electron chi connectivity index (χ4n) is 1.35. The van der Waals surface area contributed by atoms with Gasteiger partial charge in [-0.25, -0.2) is 0 Å². The van der Waals surface area contributed by atoms with Crippen LogP contribution in [0, 0.1) is 0 Å². The average molecular weight is 225 g/mol. The summed E-state index contributed by atoms with van der Waals surface area (Å²) in [5.41, 5.74) is 6.55. The molecule has 0 fully saturated rings. The molecule has 0 saturated heterocycles. The van der Waals surface area contributed by atoms with Gasteiger partial charge in [-0.1, -0.05) is 6.07 Å². The number of aliphatic hydroxyl groups excluding tert-OH is 1. The summed E-state index contributed by atoms with van der Waals surface area (Å²) in [5, 5.41) is 8.64. The van der Waals surface area contributed by atoms with E-state index in [2.05, 4.69) is 0 Å². The van der Waals surface area contributed by atoms with Crippen LogP contribution in [0.3, 0.4) is 0 Å². The maximum absolute atomic E-state index is 8.64. The van der Waals surface area contributed by atoms with Gasteiger partial charge in [-0.3, -0.25) is 0 Å². The molecule has 0 saturated carbocycles. The van der Waals surface area contributed by atoms with E-state index in [9.17, 15) is 0 Å². The minimum absolute atomic E-state index is 0.201. The van der Waals surface area contributed by atoms with Gasteiger partial charge in [-0.2, -0.15) is 0 Å². The number of ether oxygens (including phenoxy) is 2. The molecule has 0 spiro atoms. The van der Waals surface area contributed by atoms with E-state index in [0.717, 1.165) is 24.2 Å². The second-order valence-electron chi connectivity index (χ2n) is 3.47. The molecular formula is C12H19NO3. The van der Waals surface area contributed by atoms with Crippen molar-refractivity contribution in [3.8, 4) is 11.5 Å². The van der Waals surface area contributed by atoms with E-state index >= 15 is 0 Å². The molecule has 3 N–H and O–H groups in total. The quantitative estimate of drug-likeness (QED) is 0.687. The zero-order chi connectivity index (χ0) is 11.8. The Balaban J connectivity index is 2.57. The lowest BCUT2D eigenvalue weighted by molar-refractivity contribution is 0.247. The second-order valence-corrected chi connectivity index (χ2v) is 3.47. The molecule has 0 bridgehead atoms. The van der Waals surface area contributed by atoms with Crippen molar-refractivity contribution < 1.29 is 14.6 Å². The maximum Gasteiger partial charge on any atom is 0.161 e. The summed E-state index contributed by atoms with van der Waals surface area (Å²) in [6.45, 7) is 1.27. The maximum atomic E-state index is 8.64. The molecule has 90 valence electrons. The number of aliphatic hydroxyl groups is 1. The van der Waals surface area contributed by atoms with E-state index in [1.807, 2.05) is 18.2 Å². The normalized spacial score (nSPS) is 10.2. The lowest BCUT2D eigenvalue weighted by atomic mass is 10.2. The summed E-state index contributed by atoms with van der Waals surface area (Å²) in [6, 6.07) is 5.66. The SMILES string of the molecule is COc1cc(CN)ccc1OCCCCO. The van der Waals surface area contributed by atoms with Gasteiger partial charge in [0.2, 0.25) is 0 Å². The fourth-order valence-corrected chi connectivity index (χ4v) is 1.35. The molecule has 0 amide bonds. The third-order valence-electron chi connectivity index (χ3n) is 2.27. The largest absolute Gasteiger partial charge is 0.493 e. The molecule has 0 aliphatic carbocycles. The van der Waals surface area contributed by atoms with E-state index in [1.54, 1.807) is 7.11 Å². The Hall–Kier alpha value is -1.26. The molecule has 0 unspecified atom stereocenters. The van der Waals surface area contributed by atoms with Gasteiger partial charge in [0.1, 0.15) is 0 Å². The van der Waals surface area contributed by atoms with Crippen molar-refractivity contribution in [3.05, 3.63) is 23.8 Å². The highest BCUT2D eigenvalue weighted by Crippen LogP contribution is 2.28. The topological polar surface area (TPSA) is 64.7 Å². The molecule has 0 heterocycles. The van der Waals surface area contributed by atoms with Crippen molar-refractivity contribution in [3.63, 3.8) is 0 Å². The zero-order valence-electron chi connectivity index (χ0n) is 9.61. The predicted molar refractivity (Wildman–Crippen MR) is 62.7 cm³/mol. The zero-order valence-corrected chi connectivity index (χ0v) is 9.61. The number of hydrogen-bond donors (Lipinski definition) is 2. The number of methoxy groups -OCH3 is 1. The van der Waals surface area contributed by atoms with Crippen LogP contribution in [0.4, 0.5) is 0 Å². The van der Waals surface area contributed by atoms with Gasteiger partial charge in [0.05, 0.1) is 13.7 Å². The van der Waals surface area contributed by atoms with E-state index in [4.69, 9.17) is 20.3 Å². The molecule has 4 heteroatoms. The molecule has 0 atom stereocenters. The number of rotatable bonds is 7. The van der Waals surface area contributed by atoms with Crippen LogP contribution in [0.25, 0.3) is 0 Å². The molecule has 4 nitrogen and oxygen atoms in total.